The van der Waals surface area contributed by atoms with Crippen molar-refractivity contribution in [2.45, 2.75) is 6.54 Å². The Morgan fingerprint density at radius 3 is 2.71 bits per heavy atom. The van der Waals surface area contributed by atoms with E-state index in [0.717, 1.165) is 10.0 Å². The predicted octanol–water partition coefficient (Wildman–Crippen LogP) is 2.00. The van der Waals surface area contributed by atoms with Crippen LogP contribution < -0.4 is 11.2 Å². The van der Waals surface area contributed by atoms with Crippen LogP contribution in [0.3, 0.4) is 0 Å². The molecule has 0 saturated heterocycles. The Bertz CT molecular complexity index is 663. The summed E-state index contributed by atoms with van der Waals surface area (Å²) in [6, 6.07) is 6.73. The minimum atomic E-state index is -0.448. The zero-order valence-corrected chi connectivity index (χ0v) is 11.0. The second-order valence-electron chi connectivity index (χ2n) is 3.47. The number of nitrogens with zero attached hydrogens (tertiary/aromatic N) is 1. The lowest BCUT2D eigenvalue weighted by molar-refractivity contribution is 0.720. The number of H-pyrrole nitrogens is 1. The Hall–Kier alpha value is -1.33. The Morgan fingerprint density at radius 2 is 2.06 bits per heavy atom. The average molecular weight is 316 g/mol. The van der Waals surface area contributed by atoms with Crippen molar-refractivity contribution >= 4 is 27.5 Å². The third-order valence-electron chi connectivity index (χ3n) is 2.25. The molecule has 0 spiro atoms. The van der Waals surface area contributed by atoms with Gasteiger partial charge in [-0.1, -0.05) is 33.6 Å². The molecule has 1 N–H and O–H groups in total. The first-order chi connectivity index (χ1) is 8.06. The van der Waals surface area contributed by atoms with Crippen molar-refractivity contribution in [2.75, 3.05) is 0 Å². The van der Waals surface area contributed by atoms with E-state index >= 15 is 0 Å². The van der Waals surface area contributed by atoms with Crippen LogP contribution in [-0.4, -0.2) is 9.55 Å². The van der Waals surface area contributed by atoms with E-state index < -0.39 is 11.2 Å². The van der Waals surface area contributed by atoms with Crippen molar-refractivity contribution in [1.29, 1.82) is 0 Å². The lowest BCUT2D eigenvalue weighted by Gasteiger charge is -2.06. The molecule has 17 heavy (non-hydrogen) atoms. The van der Waals surface area contributed by atoms with Gasteiger partial charge in [0.1, 0.15) is 0 Å². The molecule has 0 bridgehead atoms. The normalized spacial score (nSPS) is 10.5. The first kappa shape index (κ1) is 12.1. The average Bonchev–Trinajstić information content (AvgIpc) is 2.25. The quantitative estimate of drug-likeness (QED) is 0.921. The van der Waals surface area contributed by atoms with Gasteiger partial charge in [0.2, 0.25) is 0 Å². The van der Waals surface area contributed by atoms with Gasteiger partial charge in [0.25, 0.3) is 5.56 Å². The molecule has 0 aliphatic carbocycles. The number of hydrogen-bond acceptors (Lipinski definition) is 2. The molecule has 0 amide bonds. The van der Waals surface area contributed by atoms with E-state index in [9.17, 15) is 9.59 Å². The highest BCUT2D eigenvalue weighted by atomic mass is 79.9. The number of aromatic amines is 1. The topological polar surface area (TPSA) is 54.9 Å². The van der Waals surface area contributed by atoms with Gasteiger partial charge in [0.15, 0.2) is 0 Å². The summed E-state index contributed by atoms with van der Waals surface area (Å²) in [5, 5.41) is 0.567. The molecule has 4 nitrogen and oxygen atoms in total. The highest BCUT2D eigenvalue weighted by molar-refractivity contribution is 9.10. The fourth-order valence-corrected chi connectivity index (χ4v) is 2.14. The van der Waals surface area contributed by atoms with E-state index in [1.165, 1.54) is 16.8 Å². The van der Waals surface area contributed by atoms with Gasteiger partial charge in [-0.2, -0.15) is 0 Å². The molecule has 1 aromatic heterocycles. The van der Waals surface area contributed by atoms with E-state index in [4.69, 9.17) is 11.6 Å². The first-order valence-corrected chi connectivity index (χ1v) is 5.97. The molecule has 1 heterocycles. The van der Waals surface area contributed by atoms with Crippen molar-refractivity contribution in [3.63, 3.8) is 0 Å². The fourth-order valence-electron chi connectivity index (χ4n) is 1.40. The maximum absolute atomic E-state index is 11.5. The van der Waals surface area contributed by atoms with Crippen LogP contribution in [0, 0.1) is 0 Å². The molecule has 2 aromatic rings. The summed E-state index contributed by atoms with van der Waals surface area (Å²) in [6.07, 6.45) is 1.44. The molecule has 0 radical (unpaired) electrons. The summed E-state index contributed by atoms with van der Waals surface area (Å²) in [5.74, 6) is 0. The number of rotatable bonds is 2. The minimum absolute atomic E-state index is 0.321. The SMILES string of the molecule is O=c1ccn(Cc2ccc(Br)cc2Cl)c(=O)[nH]1. The van der Waals surface area contributed by atoms with Gasteiger partial charge >= 0.3 is 5.69 Å². The molecule has 0 atom stereocenters. The van der Waals surface area contributed by atoms with Crippen molar-refractivity contribution in [1.82, 2.24) is 9.55 Å². The first-order valence-electron chi connectivity index (χ1n) is 4.80. The summed E-state index contributed by atoms with van der Waals surface area (Å²) >= 11 is 9.35. The molecular formula is C11H8BrClN2O2. The van der Waals surface area contributed by atoms with Crippen LogP contribution in [0.4, 0.5) is 0 Å². The van der Waals surface area contributed by atoms with Crippen LogP contribution in [-0.2, 0) is 6.54 Å². The molecule has 1 aromatic carbocycles. The zero-order valence-electron chi connectivity index (χ0n) is 8.61. The highest BCUT2D eigenvalue weighted by Gasteiger charge is 2.03. The molecule has 0 fully saturated rings. The summed E-state index contributed by atoms with van der Waals surface area (Å²) in [4.78, 5) is 24.6. The third kappa shape index (κ3) is 2.87. The van der Waals surface area contributed by atoms with Gasteiger partial charge in [-0.05, 0) is 17.7 Å². The van der Waals surface area contributed by atoms with E-state index in [1.807, 2.05) is 12.1 Å². The van der Waals surface area contributed by atoms with Gasteiger partial charge < -0.3 is 0 Å². The van der Waals surface area contributed by atoms with Crippen molar-refractivity contribution in [2.24, 2.45) is 0 Å². The Morgan fingerprint density at radius 1 is 1.29 bits per heavy atom. The van der Waals surface area contributed by atoms with Gasteiger partial charge in [0.05, 0.1) is 6.54 Å². The number of aromatic nitrogens is 2. The molecular weight excluding hydrogens is 307 g/mol. The van der Waals surface area contributed by atoms with Crippen molar-refractivity contribution < 1.29 is 0 Å². The van der Waals surface area contributed by atoms with E-state index in [2.05, 4.69) is 20.9 Å². The summed E-state index contributed by atoms with van der Waals surface area (Å²) < 4.78 is 2.26. The van der Waals surface area contributed by atoms with Crippen LogP contribution in [0.5, 0.6) is 0 Å². The van der Waals surface area contributed by atoms with E-state index in [0.29, 0.717) is 11.6 Å². The van der Waals surface area contributed by atoms with Crippen LogP contribution in [0.2, 0.25) is 5.02 Å². The predicted molar refractivity (Wildman–Crippen MR) is 69.6 cm³/mol. The van der Waals surface area contributed by atoms with Crippen LogP contribution in [0.25, 0.3) is 0 Å². The van der Waals surface area contributed by atoms with Crippen molar-refractivity contribution in [3.8, 4) is 0 Å². The van der Waals surface area contributed by atoms with Gasteiger partial charge in [-0.15, -0.1) is 0 Å². The van der Waals surface area contributed by atoms with E-state index in [-0.39, 0.29) is 0 Å². The maximum atomic E-state index is 11.5. The standard InChI is InChI=1S/C11H8BrClN2O2/c12-8-2-1-7(9(13)5-8)6-15-4-3-10(16)14-11(15)17/h1-5H,6H2,(H,14,16,17). The van der Waals surface area contributed by atoms with Crippen LogP contribution >= 0.6 is 27.5 Å². The van der Waals surface area contributed by atoms with E-state index in [1.54, 1.807) is 6.07 Å². The van der Waals surface area contributed by atoms with Gasteiger partial charge in [-0.25, -0.2) is 4.79 Å². The molecule has 0 aliphatic rings. The number of halogens is 2. The minimum Gasteiger partial charge on any atom is -0.296 e. The van der Waals surface area contributed by atoms with Crippen LogP contribution in [0.15, 0.2) is 44.5 Å². The second kappa shape index (κ2) is 4.89. The molecule has 88 valence electrons. The van der Waals surface area contributed by atoms with Crippen LogP contribution in [0.1, 0.15) is 5.56 Å². The Labute approximate surface area is 110 Å². The number of nitrogens with one attached hydrogen (secondary N) is 1. The zero-order chi connectivity index (χ0) is 12.4. The summed E-state index contributed by atoms with van der Waals surface area (Å²) in [6.45, 7) is 0.321. The smallest absolute Gasteiger partial charge is 0.296 e. The largest absolute Gasteiger partial charge is 0.328 e. The van der Waals surface area contributed by atoms with Gasteiger partial charge in [-0.3, -0.25) is 14.3 Å². The third-order valence-corrected chi connectivity index (χ3v) is 3.10. The Kier molecular flexibility index (Phi) is 3.49. The molecule has 0 unspecified atom stereocenters. The maximum Gasteiger partial charge on any atom is 0.328 e. The molecule has 0 aliphatic heterocycles. The lowest BCUT2D eigenvalue weighted by atomic mass is 10.2. The number of hydrogen-bond donors (Lipinski definition) is 1. The molecule has 0 saturated carbocycles. The Balaban J connectivity index is 2.38. The molecule has 6 heteroatoms. The summed E-state index contributed by atoms with van der Waals surface area (Å²) in [7, 11) is 0. The van der Waals surface area contributed by atoms with Gasteiger partial charge in [0, 0.05) is 21.8 Å². The van der Waals surface area contributed by atoms with Crippen molar-refractivity contribution in [3.05, 3.63) is 66.4 Å². The highest BCUT2D eigenvalue weighted by Crippen LogP contribution is 2.21. The lowest BCUT2D eigenvalue weighted by Crippen LogP contribution is -2.28. The second-order valence-corrected chi connectivity index (χ2v) is 4.80. The monoisotopic (exact) mass is 314 g/mol. The summed E-state index contributed by atoms with van der Waals surface area (Å²) in [5.41, 5.74) is -0.0475. The molecule has 2 rings (SSSR count). The number of benzene rings is 1. The fraction of sp³-hybridized carbons (Fsp3) is 0.0909.